The van der Waals surface area contributed by atoms with E-state index in [1.165, 1.54) is 36.8 Å². The molecule has 0 bridgehead atoms. The molecule has 0 atom stereocenters. The van der Waals surface area contributed by atoms with E-state index in [9.17, 15) is 8.42 Å². The van der Waals surface area contributed by atoms with Crippen molar-refractivity contribution >= 4 is 26.5 Å². The van der Waals surface area contributed by atoms with Crippen molar-refractivity contribution in [2.75, 3.05) is 11.8 Å². The van der Waals surface area contributed by atoms with Gasteiger partial charge in [0.05, 0.1) is 12.0 Å². The van der Waals surface area contributed by atoms with Gasteiger partial charge in [-0.3, -0.25) is 4.72 Å². The molecule has 2 rings (SSSR count). The molecule has 17 heavy (non-hydrogen) atoms. The van der Waals surface area contributed by atoms with Crippen molar-refractivity contribution < 1.29 is 13.2 Å². The maximum Gasteiger partial charge on any atom is 0.263 e. The summed E-state index contributed by atoms with van der Waals surface area (Å²) < 4.78 is 31.2. The smallest absolute Gasteiger partial charge is 0.263 e. The van der Waals surface area contributed by atoms with Crippen molar-refractivity contribution in [1.29, 1.82) is 0 Å². The Morgan fingerprint density at radius 3 is 2.53 bits per heavy atom. The number of thiazole rings is 1. The quantitative estimate of drug-likeness (QED) is 0.922. The Bertz CT molecular complexity index is 577. The van der Waals surface area contributed by atoms with Crippen LogP contribution in [-0.2, 0) is 10.0 Å². The number of anilines is 1. The lowest BCUT2D eigenvalue weighted by Crippen LogP contribution is -2.12. The number of methoxy groups -OCH3 is 1. The number of hydrogen-bond acceptors (Lipinski definition) is 5. The molecular formula is C10H10N2O3S2. The van der Waals surface area contributed by atoms with Gasteiger partial charge in [-0.25, -0.2) is 13.4 Å². The standard InChI is InChI=1S/C10H10N2O3S2/c1-15-8-2-4-9(5-3-8)17(13,14)12-10-11-6-7-16-10/h2-7H,1H3,(H,11,12). The van der Waals surface area contributed by atoms with Crippen LogP contribution in [-0.4, -0.2) is 20.5 Å². The van der Waals surface area contributed by atoms with Crippen LogP contribution < -0.4 is 9.46 Å². The third kappa shape index (κ3) is 2.75. The minimum atomic E-state index is -3.57. The number of aromatic nitrogens is 1. The van der Waals surface area contributed by atoms with E-state index >= 15 is 0 Å². The van der Waals surface area contributed by atoms with Crippen LogP contribution in [0.5, 0.6) is 5.75 Å². The first-order chi connectivity index (χ1) is 8.12. The van der Waals surface area contributed by atoms with Gasteiger partial charge in [0.15, 0.2) is 5.13 Å². The fraction of sp³-hybridized carbons (Fsp3) is 0.100. The Labute approximate surface area is 103 Å². The van der Waals surface area contributed by atoms with Crippen molar-refractivity contribution in [2.45, 2.75) is 4.90 Å². The second-order valence-electron chi connectivity index (χ2n) is 3.12. The topological polar surface area (TPSA) is 68.3 Å². The van der Waals surface area contributed by atoms with Gasteiger partial charge in [-0.05, 0) is 24.3 Å². The van der Waals surface area contributed by atoms with Crippen molar-refractivity contribution in [3.63, 3.8) is 0 Å². The average Bonchev–Trinajstić information content (AvgIpc) is 2.81. The van der Waals surface area contributed by atoms with Crippen LogP contribution in [0.25, 0.3) is 0 Å². The number of benzene rings is 1. The summed E-state index contributed by atoms with van der Waals surface area (Å²) in [5, 5.41) is 2.05. The molecule has 7 heteroatoms. The second kappa shape index (κ2) is 4.72. The Kier molecular flexibility index (Phi) is 3.30. The Morgan fingerprint density at radius 1 is 1.29 bits per heavy atom. The van der Waals surface area contributed by atoms with E-state index in [1.807, 2.05) is 0 Å². The molecule has 2 aromatic rings. The van der Waals surface area contributed by atoms with Crippen LogP contribution in [0.4, 0.5) is 5.13 Å². The molecule has 90 valence electrons. The Morgan fingerprint density at radius 2 is 2.00 bits per heavy atom. The summed E-state index contributed by atoms with van der Waals surface area (Å²) in [5.74, 6) is 0.609. The summed E-state index contributed by atoms with van der Waals surface area (Å²) >= 11 is 1.23. The van der Waals surface area contributed by atoms with E-state index in [0.717, 1.165) is 0 Å². The fourth-order valence-corrected chi connectivity index (χ4v) is 2.99. The van der Waals surface area contributed by atoms with Gasteiger partial charge in [-0.1, -0.05) is 0 Å². The highest BCUT2D eigenvalue weighted by Crippen LogP contribution is 2.19. The lowest BCUT2D eigenvalue weighted by molar-refractivity contribution is 0.414. The van der Waals surface area contributed by atoms with E-state index in [2.05, 4.69) is 9.71 Å². The third-order valence-corrected chi connectivity index (χ3v) is 4.20. The maximum atomic E-state index is 11.9. The Hall–Kier alpha value is -1.60. The van der Waals surface area contributed by atoms with E-state index in [0.29, 0.717) is 10.9 Å². The van der Waals surface area contributed by atoms with Crippen molar-refractivity contribution in [1.82, 2.24) is 4.98 Å². The average molecular weight is 270 g/mol. The van der Waals surface area contributed by atoms with Gasteiger partial charge < -0.3 is 4.74 Å². The SMILES string of the molecule is COc1ccc(S(=O)(=O)Nc2nccs2)cc1. The van der Waals surface area contributed by atoms with Gasteiger partial charge in [-0.15, -0.1) is 11.3 Å². The number of rotatable bonds is 4. The predicted octanol–water partition coefficient (Wildman–Crippen LogP) is 1.95. The molecule has 0 aliphatic rings. The van der Waals surface area contributed by atoms with E-state index in [1.54, 1.807) is 17.5 Å². The van der Waals surface area contributed by atoms with Crippen LogP contribution in [0.2, 0.25) is 0 Å². The van der Waals surface area contributed by atoms with Crippen molar-refractivity contribution in [3.05, 3.63) is 35.8 Å². The van der Waals surface area contributed by atoms with Gasteiger partial charge in [0, 0.05) is 11.6 Å². The van der Waals surface area contributed by atoms with E-state index < -0.39 is 10.0 Å². The first-order valence-electron chi connectivity index (χ1n) is 4.68. The summed E-state index contributed by atoms with van der Waals surface area (Å²) in [7, 11) is -2.04. The molecule has 0 aliphatic heterocycles. The molecule has 0 unspecified atom stereocenters. The zero-order valence-corrected chi connectivity index (χ0v) is 10.6. The minimum absolute atomic E-state index is 0.175. The number of nitrogens with one attached hydrogen (secondary N) is 1. The number of ether oxygens (including phenoxy) is 1. The summed E-state index contributed by atoms with van der Waals surface area (Å²) in [4.78, 5) is 4.04. The third-order valence-electron chi connectivity index (χ3n) is 2.02. The monoisotopic (exact) mass is 270 g/mol. The van der Waals surface area contributed by atoms with Gasteiger partial charge in [-0.2, -0.15) is 0 Å². The molecule has 1 N–H and O–H groups in total. The molecule has 1 aromatic heterocycles. The molecule has 0 aliphatic carbocycles. The largest absolute Gasteiger partial charge is 0.497 e. The highest BCUT2D eigenvalue weighted by atomic mass is 32.2. The lowest BCUT2D eigenvalue weighted by Gasteiger charge is -2.05. The van der Waals surface area contributed by atoms with E-state index in [-0.39, 0.29) is 4.90 Å². The van der Waals surface area contributed by atoms with E-state index in [4.69, 9.17) is 4.74 Å². The molecule has 1 aromatic carbocycles. The first kappa shape index (κ1) is 11.9. The zero-order chi connectivity index (χ0) is 12.3. The second-order valence-corrected chi connectivity index (χ2v) is 5.70. The molecule has 0 saturated carbocycles. The zero-order valence-electron chi connectivity index (χ0n) is 8.95. The van der Waals surface area contributed by atoms with Crippen LogP contribution in [0, 0.1) is 0 Å². The lowest BCUT2D eigenvalue weighted by atomic mass is 10.3. The maximum absolute atomic E-state index is 11.9. The highest BCUT2D eigenvalue weighted by Gasteiger charge is 2.15. The molecule has 0 spiro atoms. The summed E-state index contributed by atoms with van der Waals surface area (Å²) in [6, 6.07) is 6.15. The normalized spacial score (nSPS) is 11.1. The molecule has 0 fully saturated rings. The summed E-state index contributed by atoms with van der Waals surface area (Å²) in [6.07, 6.45) is 1.54. The number of hydrogen-bond donors (Lipinski definition) is 1. The van der Waals surface area contributed by atoms with Crippen LogP contribution >= 0.6 is 11.3 Å². The highest BCUT2D eigenvalue weighted by molar-refractivity contribution is 7.93. The number of sulfonamides is 1. The molecule has 0 saturated heterocycles. The fourth-order valence-electron chi connectivity index (χ4n) is 1.20. The van der Waals surface area contributed by atoms with Gasteiger partial charge in [0.25, 0.3) is 10.0 Å². The van der Waals surface area contributed by atoms with Crippen molar-refractivity contribution in [3.8, 4) is 5.75 Å². The minimum Gasteiger partial charge on any atom is -0.497 e. The molecular weight excluding hydrogens is 260 g/mol. The molecule has 0 radical (unpaired) electrons. The summed E-state index contributed by atoms with van der Waals surface area (Å²) in [5.41, 5.74) is 0. The van der Waals surface area contributed by atoms with Crippen LogP contribution in [0.15, 0.2) is 40.7 Å². The molecule has 1 heterocycles. The van der Waals surface area contributed by atoms with Gasteiger partial charge in [0.1, 0.15) is 5.75 Å². The Balaban J connectivity index is 2.25. The molecule has 0 amide bonds. The predicted molar refractivity (Wildman–Crippen MR) is 65.9 cm³/mol. The van der Waals surface area contributed by atoms with Crippen molar-refractivity contribution in [2.24, 2.45) is 0 Å². The van der Waals surface area contributed by atoms with Gasteiger partial charge >= 0.3 is 0 Å². The number of nitrogens with zero attached hydrogens (tertiary/aromatic N) is 1. The molecule has 5 nitrogen and oxygen atoms in total. The van der Waals surface area contributed by atoms with Gasteiger partial charge in [0.2, 0.25) is 0 Å². The van der Waals surface area contributed by atoms with Crippen LogP contribution in [0.3, 0.4) is 0 Å². The first-order valence-corrected chi connectivity index (χ1v) is 7.04. The summed E-state index contributed by atoms with van der Waals surface area (Å²) in [6.45, 7) is 0. The van der Waals surface area contributed by atoms with Crippen LogP contribution in [0.1, 0.15) is 0 Å².